The van der Waals surface area contributed by atoms with Gasteiger partial charge in [0.25, 0.3) is 0 Å². The van der Waals surface area contributed by atoms with E-state index in [0.29, 0.717) is 12.5 Å². The molecule has 1 saturated carbocycles. The van der Waals surface area contributed by atoms with E-state index >= 15 is 0 Å². The molecule has 2 unspecified atom stereocenters. The number of hydrogen-bond acceptors (Lipinski definition) is 1. The van der Waals surface area contributed by atoms with E-state index in [-0.39, 0.29) is 17.2 Å². The Balaban J connectivity index is 2.33. The van der Waals surface area contributed by atoms with Crippen LogP contribution >= 0.6 is 15.9 Å². The summed E-state index contributed by atoms with van der Waals surface area (Å²) in [4.78, 5) is 0. The van der Waals surface area contributed by atoms with Gasteiger partial charge in [0.15, 0.2) is 0 Å². The second kappa shape index (κ2) is 3.56. The van der Waals surface area contributed by atoms with Crippen molar-refractivity contribution >= 4 is 15.9 Å². The summed E-state index contributed by atoms with van der Waals surface area (Å²) < 4.78 is 14.5. The minimum atomic E-state index is -0.126. The van der Waals surface area contributed by atoms with Gasteiger partial charge in [-0.3, -0.25) is 0 Å². The van der Waals surface area contributed by atoms with Gasteiger partial charge in [0.2, 0.25) is 0 Å². The van der Waals surface area contributed by atoms with E-state index in [0.717, 1.165) is 10.0 Å². The summed E-state index contributed by atoms with van der Waals surface area (Å²) in [5.74, 6) is 0.558. The molecule has 3 heteroatoms. The molecule has 0 bridgehead atoms. The third-order valence-electron chi connectivity index (χ3n) is 3.60. The molecular weight excluding hydrogens is 257 g/mol. The van der Waals surface area contributed by atoms with Gasteiger partial charge in [-0.1, -0.05) is 35.8 Å². The van der Waals surface area contributed by atoms with Gasteiger partial charge >= 0.3 is 0 Å². The Morgan fingerprint density at radius 1 is 1.47 bits per heavy atom. The molecule has 0 saturated heterocycles. The van der Waals surface area contributed by atoms with Crippen molar-refractivity contribution in [3.63, 3.8) is 0 Å². The molecule has 1 fully saturated rings. The topological polar surface area (TPSA) is 26.0 Å². The minimum Gasteiger partial charge on any atom is -0.330 e. The first-order chi connectivity index (χ1) is 6.98. The van der Waals surface area contributed by atoms with Gasteiger partial charge in [0, 0.05) is 4.47 Å². The Hall–Kier alpha value is -0.410. The van der Waals surface area contributed by atoms with Gasteiger partial charge in [0.1, 0.15) is 5.82 Å². The van der Waals surface area contributed by atoms with Gasteiger partial charge in [-0.25, -0.2) is 4.39 Å². The largest absolute Gasteiger partial charge is 0.330 e. The summed E-state index contributed by atoms with van der Waals surface area (Å²) >= 11 is 3.26. The molecule has 1 aromatic rings. The number of hydrogen-bond donors (Lipinski definition) is 1. The predicted octanol–water partition coefficient (Wildman–Crippen LogP) is 3.29. The molecule has 0 amide bonds. The van der Waals surface area contributed by atoms with Gasteiger partial charge < -0.3 is 5.73 Å². The highest BCUT2D eigenvalue weighted by atomic mass is 79.9. The van der Waals surface area contributed by atoms with Crippen LogP contribution in [0.15, 0.2) is 22.7 Å². The van der Waals surface area contributed by atoms with E-state index in [1.54, 1.807) is 0 Å². The molecule has 0 aliphatic heterocycles. The van der Waals surface area contributed by atoms with Gasteiger partial charge in [0.05, 0.1) is 0 Å². The maximum atomic E-state index is 13.7. The molecule has 1 aliphatic rings. The van der Waals surface area contributed by atoms with E-state index in [4.69, 9.17) is 5.73 Å². The SMILES string of the molecule is CC1(C)C(CN)C1c1ccc(Br)cc1F. The minimum absolute atomic E-state index is 0.126. The number of nitrogens with two attached hydrogens (primary N) is 1. The zero-order chi connectivity index (χ0) is 11.2. The predicted molar refractivity (Wildman–Crippen MR) is 63.2 cm³/mol. The fraction of sp³-hybridized carbons (Fsp3) is 0.500. The summed E-state index contributed by atoms with van der Waals surface area (Å²) in [6.07, 6.45) is 0. The first-order valence-corrected chi connectivity index (χ1v) is 5.92. The van der Waals surface area contributed by atoms with Crippen LogP contribution in [-0.2, 0) is 0 Å². The Morgan fingerprint density at radius 2 is 2.13 bits per heavy atom. The highest BCUT2D eigenvalue weighted by Gasteiger charge is 2.57. The van der Waals surface area contributed by atoms with Crippen molar-refractivity contribution in [3.8, 4) is 0 Å². The zero-order valence-corrected chi connectivity index (χ0v) is 10.5. The molecule has 15 heavy (non-hydrogen) atoms. The lowest BCUT2D eigenvalue weighted by atomic mass is 10.0. The van der Waals surface area contributed by atoms with Crippen LogP contribution in [0.4, 0.5) is 4.39 Å². The standard InChI is InChI=1S/C12H15BrFN/c1-12(2)9(6-15)11(12)8-4-3-7(13)5-10(8)14/h3-5,9,11H,6,15H2,1-2H3. The molecule has 2 N–H and O–H groups in total. The average molecular weight is 272 g/mol. The fourth-order valence-corrected chi connectivity index (χ4v) is 2.89. The van der Waals surface area contributed by atoms with Gasteiger partial charge in [-0.2, -0.15) is 0 Å². The van der Waals surface area contributed by atoms with E-state index in [1.807, 2.05) is 12.1 Å². The summed E-state index contributed by atoms with van der Waals surface area (Å²) in [5, 5.41) is 0. The quantitative estimate of drug-likeness (QED) is 0.878. The second-order valence-electron chi connectivity index (χ2n) is 4.81. The van der Waals surface area contributed by atoms with Crippen LogP contribution in [0.1, 0.15) is 25.3 Å². The normalized spacial score (nSPS) is 27.8. The first-order valence-electron chi connectivity index (χ1n) is 5.13. The van der Waals surface area contributed by atoms with E-state index in [2.05, 4.69) is 29.8 Å². The molecule has 0 spiro atoms. The molecule has 1 nitrogen and oxygen atoms in total. The Labute approximate surface area is 98.0 Å². The molecule has 82 valence electrons. The first kappa shape index (κ1) is 11.1. The highest BCUT2D eigenvalue weighted by Crippen LogP contribution is 2.64. The van der Waals surface area contributed by atoms with Crippen molar-refractivity contribution < 1.29 is 4.39 Å². The molecule has 2 atom stereocenters. The molecule has 1 aromatic carbocycles. The maximum absolute atomic E-state index is 13.7. The van der Waals surface area contributed by atoms with Crippen LogP contribution in [0.3, 0.4) is 0 Å². The summed E-state index contributed by atoms with van der Waals surface area (Å²) in [6, 6.07) is 5.28. The van der Waals surface area contributed by atoms with Crippen molar-refractivity contribution in [2.45, 2.75) is 19.8 Å². The molecule has 2 rings (SSSR count). The zero-order valence-electron chi connectivity index (χ0n) is 8.93. The van der Waals surface area contributed by atoms with Crippen molar-refractivity contribution in [1.29, 1.82) is 0 Å². The summed E-state index contributed by atoms with van der Waals surface area (Å²) in [5.41, 5.74) is 6.63. The van der Waals surface area contributed by atoms with Crippen molar-refractivity contribution in [1.82, 2.24) is 0 Å². The van der Waals surface area contributed by atoms with E-state index < -0.39 is 0 Å². The Morgan fingerprint density at radius 3 is 2.60 bits per heavy atom. The second-order valence-corrected chi connectivity index (χ2v) is 5.72. The summed E-state index contributed by atoms with van der Waals surface area (Å²) in [6.45, 7) is 4.93. The molecular formula is C12H15BrFN. The molecule has 0 aromatic heterocycles. The third kappa shape index (κ3) is 1.72. The molecule has 0 heterocycles. The van der Waals surface area contributed by atoms with Crippen molar-refractivity contribution in [2.75, 3.05) is 6.54 Å². The van der Waals surface area contributed by atoms with Gasteiger partial charge in [-0.05, 0) is 41.5 Å². The number of rotatable bonds is 2. The number of halogens is 2. The fourth-order valence-electron chi connectivity index (χ4n) is 2.56. The molecule has 0 radical (unpaired) electrons. The average Bonchev–Trinajstić information content (AvgIpc) is 2.68. The lowest BCUT2D eigenvalue weighted by Gasteiger charge is -2.05. The van der Waals surface area contributed by atoms with E-state index in [9.17, 15) is 4.39 Å². The third-order valence-corrected chi connectivity index (χ3v) is 4.10. The number of benzene rings is 1. The van der Waals surface area contributed by atoms with Crippen LogP contribution in [-0.4, -0.2) is 6.54 Å². The smallest absolute Gasteiger partial charge is 0.127 e. The van der Waals surface area contributed by atoms with Crippen LogP contribution < -0.4 is 5.73 Å². The highest BCUT2D eigenvalue weighted by molar-refractivity contribution is 9.10. The van der Waals surface area contributed by atoms with Crippen LogP contribution in [0.5, 0.6) is 0 Å². The monoisotopic (exact) mass is 271 g/mol. The van der Waals surface area contributed by atoms with Crippen LogP contribution in [0.2, 0.25) is 0 Å². The van der Waals surface area contributed by atoms with Crippen molar-refractivity contribution in [2.24, 2.45) is 17.1 Å². The van der Waals surface area contributed by atoms with E-state index in [1.165, 1.54) is 6.07 Å². The van der Waals surface area contributed by atoms with Crippen LogP contribution in [0.25, 0.3) is 0 Å². The van der Waals surface area contributed by atoms with Crippen molar-refractivity contribution in [3.05, 3.63) is 34.1 Å². The Kier molecular flexibility index (Phi) is 2.63. The lowest BCUT2D eigenvalue weighted by molar-refractivity contribution is 0.551. The Bertz CT molecular complexity index is 389. The maximum Gasteiger partial charge on any atom is 0.127 e. The molecule has 1 aliphatic carbocycles. The van der Waals surface area contributed by atoms with Crippen LogP contribution in [0, 0.1) is 17.2 Å². The summed E-state index contributed by atoms with van der Waals surface area (Å²) in [7, 11) is 0. The van der Waals surface area contributed by atoms with Gasteiger partial charge in [-0.15, -0.1) is 0 Å². The lowest BCUT2D eigenvalue weighted by Crippen LogP contribution is -2.05.